The molecule has 3 atom stereocenters. The standard InChI is InChI=1S/C19H26N2O3/c1-2-20-19(23)21-16-11-7-6-10-15(16)12-17(21)18(22)24-13-14-8-4-3-5-9-14/h3-5,8-9,15-17H,2,6-7,10-13H2,1H3,(H,20,23). The van der Waals surface area contributed by atoms with Crippen LogP contribution in [0.5, 0.6) is 0 Å². The van der Waals surface area contributed by atoms with Gasteiger partial charge in [-0.1, -0.05) is 43.2 Å². The van der Waals surface area contributed by atoms with E-state index in [1.54, 1.807) is 4.90 Å². The molecule has 3 rings (SSSR count). The number of amides is 2. The zero-order chi connectivity index (χ0) is 16.9. The molecule has 0 aromatic heterocycles. The number of rotatable bonds is 4. The molecular formula is C19H26N2O3. The smallest absolute Gasteiger partial charge is 0.329 e. The summed E-state index contributed by atoms with van der Waals surface area (Å²) in [6.07, 6.45) is 5.14. The molecule has 1 heterocycles. The Kier molecular flexibility index (Phi) is 5.38. The second-order valence-electron chi connectivity index (χ2n) is 6.70. The summed E-state index contributed by atoms with van der Waals surface area (Å²) in [6.45, 7) is 2.72. The number of carbonyl (C=O) groups excluding carboxylic acids is 2. The normalized spacial score (nSPS) is 25.9. The van der Waals surface area contributed by atoms with Crippen LogP contribution in [0, 0.1) is 5.92 Å². The van der Waals surface area contributed by atoms with Crippen molar-refractivity contribution < 1.29 is 14.3 Å². The molecule has 1 N–H and O–H groups in total. The molecule has 2 fully saturated rings. The molecule has 0 spiro atoms. The molecule has 1 saturated carbocycles. The molecule has 0 bridgehead atoms. The van der Waals surface area contributed by atoms with Gasteiger partial charge in [0, 0.05) is 12.6 Å². The number of hydrogen-bond acceptors (Lipinski definition) is 3. The van der Waals surface area contributed by atoms with Gasteiger partial charge in [-0.3, -0.25) is 0 Å². The molecule has 24 heavy (non-hydrogen) atoms. The van der Waals surface area contributed by atoms with E-state index in [4.69, 9.17) is 4.74 Å². The number of benzene rings is 1. The second kappa shape index (κ2) is 7.69. The van der Waals surface area contributed by atoms with Crippen molar-refractivity contribution in [3.63, 3.8) is 0 Å². The molecule has 5 nitrogen and oxygen atoms in total. The van der Waals surface area contributed by atoms with Gasteiger partial charge in [0.05, 0.1) is 0 Å². The van der Waals surface area contributed by atoms with Crippen LogP contribution in [0.25, 0.3) is 0 Å². The van der Waals surface area contributed by atoms with Crippen molar-refractivity contribution in [1.82, 2.24) is 10.2 Å². The number of carbonyl (C=O) groups is 2. The second-order valence-corrected chi connectivity index (χ2v) is 6.70. The lowest BCUT2D eigenvalue weighted by Gasteiger charge is -2.33. The van der Waals surface area contributed by atoms with Crippen molar-refractivity contribution in [2.45, 2.75) is 57.7 Å². The minimum Gasteiger partial charge on any atom is -0.459 e. The predicted molar refractivity (Wildman–Crippen MR) is 91.3 cm³/mol. The monoisotopic (exact) mass is 330 g/mol. The average molecular weight is 330 g/mol. The van der Waals surface area contributed by atoms with E-state index in [1.165, 1.54) is 6.42 Å². The molecule has 0 radical (unpaired) electrons. The Balaban J connectivity index is 1.69. The Morgan fingerprint density at radius 1 is 1.21 bits per heavy atom. The topological polar surface area (TPSA) is 58.6 Å². The molecule has 3 unspecified atom stereocenters. The van der Waals surface area contributed by atoms with E-state index in [1.807, 2.05) is 37.3 Å². The van der Waals surface area contributed by atoms with E-state index in [-0.39, 0.29) is 24.6 Å². The van der Waals surface area contributed by atoms with E-state index in [2.05, 4.69) is 5.32 Å². The van der Waals surface area contributed by atoms with E-state index < -0.39 is 6.04 Å². The van der Waals surface area contributed by atoms with Gasteiger partial charge in [0.15, 0.2) is 0 Å². The van der Waals surface area contributed by atoms with Crippen molar-refractivity contribution >= 4 is 12.0 Å². The number of hydrogen-bond donors (Lipinski definition) is 1. The number of ether oxygens (including phenoxy) is 1. The van der Waals surface area contributed by atoms with Gasteiger partial charge in [-0.15, -0.1) is 0 Å². The Bertz CT molecular complexity index is 575. The van der Waals surface area contributed by atoms with Crippen molar-refractivity contribution in [3.05, 3.63) is 35.9 Å². The van der Waals surface area contributed by atoms with Gasteiger partial charge < -0.3 is 15.0 Å². The Morgan fingerprint density at radius 3 is 2.71 bits per heavy atom. The fourth-order valence-electron chi connectivity index (χ4n) is 4.03. The summed E-state index contributed by atoms with van der Waals surface area (Å²) >= 11 is 0. The molecule has 1 aliphatic heterocycles. The fourth-order valence-corrected chi connectivity index (χ4v) is 4.03. The van der Waals surface area contributed by atoms with Gasteiger partial charge in [-0.25, -0.2) is 9.59 Å². The van der Waals surface area contributed by atoms with Crippen molar-refractivity contribution in [1.29, 1.82) is 0 Å². The van der Waals surface area contributed by atoms with Crippen LogP contribution in [-0.4, -0.2) is 35.5 Å². The van der Waals surface area contributed by atoms with Crippen LogP contribution in [0.2, 0.25) is 0 Å². The van der Waals surface area contributed by atoms with Gasteiger partial charge in [0.2, 0.25) is 0 Å². The molecule has 1 aromatic rings. The minimum absolute atomic E-state index is 0.131. The van der Waals surface area contributed by atoms with Gasteiger partial charge in [0.25, 0.3) is 0 Å². The van der Waals surface area contributed by atoms with Crippen LogP contribution in [0.3, 0.4) is 0 Å². The largest absolute Gasteiger partial charge is 0.459 e. The first kappa shape index (κ1) is 16.8. The summed E-state index contributed by atoms with van der Waals surface area (Å²) in [5.74, 6) is 0.148. The molecule has 5 heteroatoms. The summed E-state index contributed by atoms with van der Waals surface area (Å²) in [4.78, 5) is 26.9. The molecule has 2 amide bonds. The van der Waals surface area contributed by atoms with Crippen LogP contribution >= 0.6 is 0 Å². The van der Waals surface area contributed by atoms with Crippen molar-refractivity contribution in [2.75, 3.05) is 6.54 Å². The average Bonchev–Trinajstić information content (AvgIpc) is 3.00. The first-order valence-electron chi connectivity index (χ1n) is 8.97. The summed E-state index contributed by atoms with van der Waals surface area (Å²) in [5.41, 5.74) is 0.964. The zero-order valence-corrected chi connectivity index (χ0v) is 14.2. The highest BCUT2D eigenvalue weighted by Crippen LogP contribution is 2.40. The Labute approximate surface area is 143 Å². The molecule has 1 aliphatic carbocycles. The number of esters is 1. The van der Waals surface area contributed by atoms with Crippen LogP contribution in [0.4, 0.5) is 4.79 Å². The summed E-state index contributed by atoms with van der Waals surface area (Å²) in [5, 5.41) is 2.86. The maximum absolute atomic E-state index is 12.6. The number of fused-ring (bicyclic) bond motifs is 1. The number of likely N-dealkylation sites (tertiary alicyclic amines) is 1. The number of urea groups is 1. The van der Waals surface area contributed by atoms with Crippen molar-refractivity contribution in [3.8, 4) is 0 Å². The van der Waals surface area contributed by atoms with Crippen LogP contribution < -0.4 is 5.32 Å². The third kappa shape index (κ3) is 3.55. The lowest BCUT2D eigenvalue weighted by atomic mass is 9.85. The molecule has 130 valence electrons. The van der Waals surface area contributed by atoms with E-state index >= 15 is 0 Å². The van der Waals surface area contributed by atoms with Gasteiger partial charge in [0.1, 0.15) is 12.6 Å². The maximum atomic E-state index is 12.6. The maximum Gasteiger partial charge on any atom is 0.329 e. The third-order valence-corrected chi connectivity index (χ3v) is 5.15. The molecule has 2 aliphatic rings. The highest BCUT2D eigenvalue weighted by Gasteiger charge is 2.48. The Morgan fingerprint density at radius 2 is 1.96 bits per heavy atom. The fraction of sp³-hybridized carbons (Fsp3) is 0.579. The van der Waals surface area contributed by atoms with E-state index in [0.29, 0.717) is 12.5 Å². The lowest BCUT2D eigenvalue weighted by molar-refractivity contribution is -0.149. The number of nitrogens with one attached hydrogen (secondary N) is 1. The quantitative estimate of drug-likeness (QED) is 0.863. The lowest BCUT2D eigenvalue weighted by Crippen LogP contribution is -2.51. The van der Waals surface area contributed by atoms with Gasteiger partial charge in [-0.05, 0) is 37.7 Å². The third-order valence-electron chi connectivity index (χ3n) is 5.15. The molecular weight excluding hydrogens is 304 g/mol. The van der Waals surface area contributed by atoms with E-state index in [9.17, 15) is 9.59 Å². The molecule has 1 saturated heterocycles. The van der Waals surface area contributed by atoms with Crippen LogP contribution in [-0.2, 0) is 16.1 Å². The van der Waals surface area contributed by atoms with Crippen molar-refractivity contribution in [2.24, 2.45) is 5.92 Å². The van der Waals surface area contributed by atoms with Crippen LogP contribution in [0.15, 0.2) is 30.3 Å². The summed E-state index contributed by atoms with van der Waals surface area (Å²) in [7, 11) is 0. The van der Waals surface area contributed by atoms with Gasteiger partial charge in [-0.2, -0.15) is 0 Å². The SMILES string of the molecule is CCNC(=O)N1C(C(=O)OCc2ccccc2)CC2CCCCC21. The first-order chi connectivity index (χ1) is 11.7. The minimum atomic E-state index is -0.451. The first-order valence-corrected chi connectivity index (χ1v) is 8.97. The van der Waals surface area contributed by atoms with Gasteiger partial charge >= 0.3 is 12.0 Å². The number of nitrogens with zero attached hydrogens (tertiary/aromatic N) is 1. The van der Waals surface area contributed by atoms with E-state index in [0.717, 1.165) is 31.2 Å². The predicted octanol–water partition coefficient (Wildman–Crippen LogP) is 3.09. The Hall–Kier alpha value is -2.04. The highest BCUT2D eigenvalue weighted by molar-refractivity contribution is 5.84. The van der Waals surface area contributed by atoms with Crippen LogP contribution in [0.1, 0.15) is 44.6 Å². The highest BCUT2D eigenvalue weighted by atomic mass is 16.5. The summed E-state index contributed by atoms with van der Waals surface area (Å²) in [6, 6.07) is 9.25. The summed E-state index contributed by atoms with van der Waals surface area (Å²) < 4.78 is 5.52. The zero-order valence-electron chi connectivity index (χ0n) is 14.2. The molecule has 1 aromatic carbocycles.